The van der Waals surface area contributed by atoms with Crippen LogP contribution in [0.4, 0.5) is 0 Å². The number of aliphatic imine (C=N–C) groups is 1. The molecule has 1 aliphatic rings. The molecule has 2 aromatic carbocycles. The lowest BCUT2D eigenvalue weighted by atomic mass is 10.1. The SMILES string of the molecule is c1ccc(C2=C(c3ccccc3)[N+]=NC(c3ccccn3)=N2)cc1. The highest BCUT2D eigenvalue weighted by Gasteiger charge is 2.28. The number of pyridine rings is 1. The molecule has 4 nitrogen and oxygen atoms in total. The molecule has 3 aromatic rings. The summed E-state index contributed by atoms with van der Waals surface area (Å²) in [5.74, 6) is 0.522. The van der Waals surface area contributed by atoms with Gasteiger partial charge >= 0.3 is 5.70 Å². The molecule has 0 fully saturated rings. The third-order valence-electron chi connectivity index (χ3n) is 3.68. The van der Waals surface area contributed by atoms with Crippen molar-refractivity contribution in [1.82, 2.24) is 10.1 Å². The molecule has 113 valence electrons. The normalized spacial score (nSPS) is 13.8. The Balaban J connectivity index is 1.90. The van der Waals surface area contributed by atoms with Gasteiger partial charge in [0, 0.05) is 11.8 Å². The lowest BCUT2D eigenvalue weighted by molar-refractivity contribution is 1.10. The molecule has 4 heteroatoms. The largest absolute Gasteiger partial charge is 0.346 e. The molecule has 0 atom stereocenters. The number of aromatic nitrogens is 1. The molecule has 0 unspecified atom stereocenters. The number of nitrogens with zero attached hydrogens (tertiary/aromatic N) is 4. The number of hydrogen-bond acceptors (Lipinski definition) is 4. The van der Waals surface area contributed by atoms with E-state index in [1.807, 2.05) is 78.9 Å². The third-order valence-corrected chi connectivity index (χ3v) is 3.68. The number of azo groups is 1. The number of benzene rings is 2. The van der Waals surface area contributed by atoms with Gasteiger partial charge < -0.3 is 0 Å². The molecule has 0 saturated carbocycles. The molecule has 24 heavy (non-hydrogen) atoms. The summed E-state index contributed by atoms with van der Waals surface area (Å²) >= 11 is 0. The monoisotopic (exact) mass is 310 g/mol. The van der Waals surface area contributed by atoms with Crippen LogP contribution in [0.5, 0.6) is 0 Å². The van der Waals surface area contributed by atoms with E-state index in [9.17, 15) is 0 Å². The van der Waals surface area contributed by atoms with Crippen LogP contribution in [0.3, 0.4) is 0 Å². The van der Waals surface area contributed by atoms with Crippen molar-refractivity contribution in [2.75, 3.05) is 0 Å². The molecule has 0 bridgehead atoms. The number of rotatable bonds is 3. The Morgan fingerprint density at radius 3 is 2.00 bits per heavy atom. The Kier molecular flexibility index (Phi) is 3.78. The van der Waals surface area contributed by atoms with Crippen molar-refractivity contribution < 1.29 is 0 Å². The molecule has 1 radical (unpaired) electrons. The van der Waals surface area contributed by atoms with E-state index in [1.165, 1.54) is 0 Å². The zero-order chi connectivity index (χ0) is 16.2. The fraction of sp³-hybridized carbons (Fsp3) is 0. The summed E-state index contributed by atoms with van der Waals surface area (Å²) in [5.41, 5.74) is 4.27. The van der Waals surface area contributed by atoms with Crippen LogP contribution in [0, 0.1) is 0 Å². The molecule has 2 heterocycles. The Morgan fingerprint density at radius 1 is 0.667 bits per heavy atom. The first-order chi connectivity index (χ1) is 11.9. The van der Waals surface area contributed by atoms with Gasteiger partial charge in [0.05, 0.1) is 10.7 Å². The summed E-state index contributed by atoms with van der Waals surface area (Å²) < 4.78 is 0. The van der Waals surface area contributed by atoms with Gasteiger partial charge in [-0.05, 0) is 24.3 Å². The van der Waals surface area contributed by atoms with E-state index >= 15 is 0 Å². The molecular weight excluding hydrogens is 296 g/mol. The van der Waals surface area contributed by atoms with Crippen LogP contribution in [0.15, 0.2) is 95.2 Å². The van der Waals surface area contributed by atoms with E-state index in [4.69, 9.17) is 4.99 Å². The van der Waals surface area contributed by atoms with Gasteiger partial charge in [-0.15, -0.1) is 0 Å². The summed E-state index contributed by atoms with van der Waals surface area (Å²) in [6.45, 7) is 0. The molecule has 4 rings (SSSR count). The van der Waals surface area contributed by atoms with Crippen molar-refractivity contribution >= 4 is 17.2 Å². The van der Waals surface area contributed by atoms with Gasteiger partial charge in [0.15, 0.2) is 5.70 Å². The smallest absolute Gasteiger partial charge is 0.253 e. The molecule has 0 aliphatic carbocycles. The minimum Gasteiger partial charge on any atom is -0.253 e. The lowest BCUT2D eigenvalue weighted by Crippen LogP contribution is -2.09. The fourth-order valence-electron chi connectivity index (χ4n) is 2.52. The number of amidine groups is 1. The van der Waals surface area contributed by atoms with E-state index in [0.717, 1.165) is 22.5 Å². The Hall–Kier alpha value is -3.40. The van der Waals surface area contributed by atoms with Crippen LogP contribution in [0.2, 0.25) is 0 Å². The van der Waals surface area contributed by atoms with Crippen LogP contribution in [0.1, 0.15) is 16.8 Å². The van der Waals surface area contributed by atoms with E-state index in [0.29, 0.717) is 11.5 Å². The summed E-state index contributed by atoms with van der Waals surface area (Å²) in [6, 6.07) is 25.7. The quantitative estimate of drug-likeness (QED) is 0.716. The summed E-state index contributed by atoms with van der Waals surface area (Å²) in [5, 5.41) is 8.74. The zero-order valence-electron chi connectivity index (χ0n) is 12.9. The van der Waals surface area contributed by atoms with Crippen LogP contribution in [-0.4, -0.2) is 10.8 Å². The van der Waals surface area contributed by atoms with Crippen molar-refractivity contribution in [3.05, 3.63) is 102 Å². The summed E-state index contributed by atoms with van der Waals surface area (Å²) in [4.78, 5) is 9.07. The molecule has 1 aromatic heterocycles. The molecule has 0 N–H and O–H groups in total. The second kappa shape index (κ2) is 6.38. The summed E-state index contributed by atoms with van der Waals surface area (Å²) in [7, 11) is 0. The first-order valence-electron chi connectivity index (χ1n) is 7.69. The minimum absolute atomic E-state index is 0.522. The molecule has 0 saturated heterocycles. The number of hydrogen-bond donors (Lipinski definition) is 0. The highest BCUT2D eigenvalue weighted by molar-refractivity contribution is 6.05. The van der Waals surface area contributed by atoms with E-state index in [-0.39, 0.29) is 0 Å². The molecule has 1 aliphatic heterocycles. The van der Waals surface area contributed by atoms with Gasteiger partial charge in [-0.2, -0.15) is 0 Å². The van der Waals surface area contributed by atoms with Crippen molar-refractivity contribution in [3.8, 4) is 0 Å². The van der Waals surface area contributed by atoms with Gasteiger partial charge in [0.25, 0.3) is 5.84 Å². The Bertz CT molecular complexity index is 927. The van der Waals surface area contributed by atoms with E-state index in [2.05, 4.69) is 15.2 Å². The van der Waals surface area contributed by atoms with Gasteiger partial charge in [-0.25, -0.2) is 4.99 Å². The van der Waals surface area contributed by atoms with E-state index in [1.54, 1.807) is 6.20 Å². The van der Waals surface area contributed by atoms with Crippen LogP contribution in [0.25, 0.3) is 11.4 Å². The maximum Gasteiger partial charge on any atom is 0.346 e. The van der Waals surface area contributed by atoms with Gasteiger partial charge in [0.2, 0.25) is 5.11 Å². The topological polar surface area (TPSA) is 51.7 Å². The van der Waals surface area contributed by atoms with E-state index < -0.39 is 0 Å². The Labute approximate surface area is 140 Å². The highest BCUT2D eigenvalue weighted by Crippen LogP contribution is 2.28. The highest BCUT2D eigenvalue weighted by atomic mass is 15.2. The van der Waals surface area contributed by atoms with Gasteiger partial charge in [0.1, 0.15) is 5.69 Å². The van der Waals surface area contributed by atoms with Crippen molar-refractivity contribution in [1.29, 1.82) is 0 Å². The first-order valence-corrected chi connectivity index (χ1v) is 7.69. The first kappa shape index (κ1) is 14.2. The van der Waals surface area contributed by atoms with Crippen molar-refractivity contribution in [3.63, 3.8) is 0 Å². The summed E-state index contributed by atoms with van der Waals surface area (Å²) in [6.07, 6.45) is 1.73. The van der Waals surface area contributed by atoms with Crippen LogP contribution >= 0.6 is 0 Å². The van der Waals surface area contributed by atoms with Crippen molar-refractivity contribution in [2.45, 2.75) is 0 Å². The average molecular weight is 310 g/mol. The second-order valence-corrected chi connectivity index (χ2v) is 5.28. The molecule has 0 spiro atoms. The van der Waals surface area contributed by atoms with Gasteiger partial charge in [-0.1, -0.05) is 54.6 Å². The predicted octanol–water partition coefficient (Wildman–Crippen LogP) is 4.16. The standard InChI is InChI=1S/C20H14N4/c1-3-9-15(10-4-1)18-19(16-11-5-2-6-12-16)23-24-20(22-18)17-13-7-8-14-21-17/h1-14H/q+1. The molecular formula is C20H14N4+. The minimum atomic E-state index is 0.522. The average Bonchev–Trinajstić information content (AvgIpc) is 2.69. The molecule has 0 amide bonds. The predicted molar refractivity (Wildman–Crippen MR) is 95.0 cm³/mol. The third kappa shape index (κ3) is 2.77. The van der Waals surface area contributed by atoms with Crippen molar-refractivity contribution in [2.24, 2.45) is 10.1 Å². The lowest BCUT2D eigenvalue weighted by Gasteiger charge is -2.05. The maximum atomic E-state index is 4.75. The Morgan fingerprint density at radius 2 is 1.33 bits per heavy atom. The van der Waals surface area contributed by atoms with Gasteiger partial charge in [-0.3, -0.25) is 4.98 Å². The maximum absolute atomic E-state index is 4.75. The second-order valence-electron chi connectivity index (χ2n) is 5.28. The zero-order valence-corrected chi connectivity index (χ0v) is 12.9. The van der Waals surface area contributed by atoms with Crippen LogP contribution in [-0.2, 0) is 0 Å². The fourth-order valence-corrected chi connectivity index (χ4v) is 2.52. The van der Waals surface area contributed by atoms with Crippen LogP contribution < -0.4 is 5.11 Å².